The minimum absolute atomic E-state index is 0.151. The Labute approximate surface area is 168 Å². The van der Waals surface area contributed by atoms with Gasteiger partial charge in [0.2, 0.25) is 5.89 Å². The van der Waals surface area contributed by atoms with Gasteiger partial charge in [0.05, 0.1) is 12.0 Å². The van der Waals surface area contributed by atoms with Crippen molar-refractivity contribution in [1.29, 1.82) is 0 Å². The molecule has 0 radical (unpaired) electrons. The molecule has 1 aliphatic carbocycles. The molecule has 0 unspecified atom stereocenters. The highest BCUT2D eigenvalue weighted by Crippen LogP contribution is 2.42. The van der Waals surface area contributed by atoms with Crippen LogP contribution in [0.1, 0.15) is 54.8 Å². The van der Waals surface area contributed by atoms with E-state index in [9.17, 15) is 4.79 Å². The number of rotatable bonds is 4. The summed E-state index contributed by atoms with van der Waals surface area (Å²) >= 11 is 0. The summed E-state index contributed by atoms with van der Waals surface area (Å²) in [4.78, 5) is 12.6. The summed E-state index contributed by atoms with van der Waals surface area (Å²) in [6.45, 7) is 0.151. The highest BCUT2D eigenvalue weighted by Gasteiger charge is 2.41. The largest absolute Gasteiger partial charge is 0.486 e. The van der Waals surface area contributed by atoms with Gasteiger partial charge in [0.15, 0.2) is 12.4 Å². The first-order valence-electron chi connectivity index (χ1n) is 10.1. The number of benzene rings is 2. The molecule has 1 fully saturated rings. The van der Waals surface area contributed by atoms with E-state index in [-0.39, 0.29) is 18.0 Å². The fourth-order valence-electron chi connectivity index (χ4n) is 4.19. The van der Waals surface area contributed by atoms with Gasteiger partial charge in [-0.05, 0) is 49.9 Å². The number of Topliss-reactive ketones (excluding diaryl/α,β-unsaturated/α-hetero) is 1. The Morgan fingerprint density at radius 2 is 1.83 bits per heavy atom. The van der Waals surface area contributed by atoms with Crippen LogP contribution in [0.3, 0.4) is 0 Å². The molecule has 5 rings (SSSR count). The molecular formula is C23H22N2O4. The molecule has 148 valence electrons. The Bertz CT molecular complexity index is 1020. The Hall–Kier alpha value is -3.15. The van der Waals surface area contributed by atoms with E-state index in [1.807, 2.05) is 30.3 Å². The van der Waals surface area contributed by atoms with E-state index < -0.39 is 0 Å². The highest BCUT2D eigenvalue weighted by atomic mass is 16.5. The van der Waals surface area contributed by atoms with E-state index in [1.54, 1.807) is 18.2 Å². The molecule has 0 bridgehead atoms. The molecule has 1 aliphatic heterocycles. The summed E-state index contributed by atoms with van der Waals surface area (Å²) < 4.78 is 17.8. The number of ketones is 1. The summed E-state index contributed by atoms with van der Waals surface area (Å²) in [5, 5.41) is 8.12. The van der Waals surface area contributed by atoms with Crippen molar-refractivity contribution in [3.8, 4) is 23.0 Å². The quantitative estimate of drug-likeness (QED) is 0.625. The van der Waals surface area contributed by atoms with Crippen molar-refractivity contribution in [3.05, 3.63) is 60.0 Å². The first-order valence-corrected chi connectivity index (χ1v) is 10.1. The summed E-state index contributed by atoms with van der Waals surface area (Å²) in [7, 11) is 0. The van der Waals surface area contributed by atoms with Gasteiger partial charge < -0.3 is 13.9 Å². The average Bonchev–Trinajstić information content (AvgIpc) is 3.22. The van der Waals surface area contributed by atoms with E-state index in [2.05, 4.69) is 10.2 Å². The van der Waals surface area contributed by atoms with Gasteiger partial charge in [-0.15, -0.1) is 10.2 Å². The average molecular weight is 390 g/mol. The number of nitrogens with zero attached hydrogens (tertiary/aromatic N) is 2. The van der Waals surface area contributed by atoms with Gasteiger partial charge >= 0.3 is 0 Å². The highest BCUT2D eigenvalue weighted by molar-refractivity contribution is 6.00. The zero-order valence-corrected chi connectivity index (χ0v) is 16.1. The number of carbonyl (C=O) groups excluding carboxylic acids is 1. The second-order valence-corrected chi connectivity index (χ2v) is 7.76. The van der Waals surface area contributed by atoms with Crippen molar-refractivity contribution >= 4 is 5.78 Å². The van der Waals surface area contributed by atoms with Crippen molar-refractivity contribution < 1.29 is 18.7 Å². The first kappa shape index (κ1) is 17.9. The predicted octanol–water partition coefficient (Wildman–Crippen LogP) is 4.98. The summed E-state index contributed by atoms with van der Waals surface area (Å²) in [6, 6.07) is 15.0. The molecule has 0 amide bonds. The normalized spacial score (nSPS) is 17.6. The number of ether oxygens (including phenoxy) is 2. The number of hydrogen-bond acceptors (Lipinski definition) is 6. The molecule has 6 nitrogen and oxygen atoms in total. The second-order valence-electron chi connectivity index (χ2n) is 7.76. The second kappa shape index (κ2) is 7.35. The van der Waals surface area contributed by atoms with E-state index in [0.29, 0.717) is 35.3 Å². The lowest BCUT2D eigenvalue weighted by Gasteiger charge is -2.40. The third-order valence-corrected chi connectivity index (χ3v) is 5.68. The fraction of sp³-hybridized carbons (Fsp3) is 0.348. The topological polar surface area (TPSA) is 74.5 Å². The van der Waals surface area contributed by atoms with E-state index in [1.165, 1.54) is 6.42 Å². The zero-order chi connectivity index (χ0) is 19.7. The monoisotopic (exact) mass is 390 g/mol. The van der Waals surface area contributed by atoms with Gasteiger partial charge in [0.1, 0.15) is 17.1 Å². The number of fused-ring (bicyclic) bond motifs is 1. The fourth-order valence-corrected chi connectivity index (χ4v) is 4.19. The van der Waals surface area contributed by atoms with Gasteiger partial charge in [-0.2, -0.15) is 0 Å². The van der Waals surface area contributed by atoms with Crippen LogP contribution in [0.4, 0.5) is 0 Å². The van der Waals surface area contributed by atoms with Crippen molar-refractivity contribution in [2.24, 2.45) is 0 Å². The molecular weight excluding hydrogens is 368 g/mol. The van der Waals surface area contributed by atoms with Crippen LogP contribution < -0.4 is 9.47 Å². The first-order chi connectivity index (χ1) is 14.2. The summed E-state index contributed by atoms with van der Waals surface area (Å²) in [5.41, 5.74) is 1.17. The van der Waals surface area contributed by atoms with Crippen LogP contribution in [0, 0.1) is 0 Å². The Morgan fingerprint density at radius 3 is 2.66 bits per heavy atom. The van der Waals surface area contributed by atoms with Gasteiger partial charge in [-0.25, -0.2) is 0 Å². The van der Waals surface area contributed by atoms with Crippen LogP contribution in [0.15, 0.2) is 52.9 Å². The summed E-state index contributed by atoms with van der Waals surface area (Å²) in [6.07, 6.45) is 5.79. The molecule has 0 atom stereocenters. The number of carbonyl (C=O) groups is 1. The zero-order valence-electron chi connectivity index (χ0n) is 16.1. The molecule has 1 saturated carbocycles. The maximum atomic E-state index is 12.6. The SMILES string of the molecule is O=C1CC2(CCCCC2)Oc2cc(OCc3nnc(-c4ccccc4)o3)ccc21. The molecule has 0 saturated heterocycles. The third kappa shape index (κ3) is 3.62. The standard InChI is InChI=1S/C23H22N2O4/c26-19-14-23(11-5-2-6-12-23)29-20-13-17(9-10-18(19)20)27-15-21-24-25-22(28-21)16-7-3-1-4-8-16/h1,3-4,7-10,13H,2,5-6,11-12,14-15H2. The van der Waals surface area contributed by atoms with Crippen molar-refractivity contribution in [2.75, 3.05) is 0 Å². The van der Waals surface area contributed by atoms with Crippen LogP contribution in [0.25, 0.3) is 11.5 Å². The van der Waals surface area contributed by atoms with Crippen LogP contribution in [-0.4, -0.2) is 21.6 Å². The minimum atomic E-state index is -0.335. The molecule has 3 aromatic rings. The van der Waals surface area contributed by atoms with E-state index in [4.69, 9.17) is 13.9 Å². The molecule has 2 heterocycles. The predicted molar refractivity (Wildman–Crippen MR) is 106 cm³/mol. The lowest BCUT2D eigenvalue weighted by molar-refractivity contribution is 0.0134. The van der Waals surface area contributed by atoms with Crippen LogP contribution in [0.2, 0.25) is 0 Å². The van der Waals surface area contributed by atoms with Crippen molar-refractivity contribution in [3.63, 3.8) is 0 Å². The molecule has 0 N–H and O–H groups in total. The maximum Gasteiger partial charge on any atom is 0.254 e. The van der Waals surface area contributed by atoms with Crippen molar-refractivity contribution in [1.82, 2.24) is 10.2 Å². The van der Waals surface area contributed by atoms with Gasteiger partial charge in [0, 0.05) is 11.6 Å². The molecule has 6 heteroatoms. The third-order valence-electron chi connectivity index (χ3n) is 5.68. The maximum absolute atomic E-state index is 12.6. The molecule has 2 aliphatic rings. The van der Waals surface area contributed by atoms with Gasteiger partial charge in [-0.1, -0.05) is 24.6 Å². The molecule has 2 aromatic carbocycles. The molecule has 29 heavy (non-hydrogen) atoms. The van der Waals surface area contributed by atoms with Crippen LogP contribution >= 0.6 is 0 Å². The molecule has 1 spiro atoms. The minimum Gasteiger partial charge on any atom is -0.486 e. The van der Waals surface area contributed by atoms with Gasteiger partial charge in [-0.3, -0.25) is 4.79 Å². The smallest absolute Gasteiger partial charge is 0.254 e. The Morgan fingerprint density at radius 1 is 1.00 bits per heavy atom. The van der Waals surface area contributed by atoms with Gasteiger partial charge in [0.25, 0.3) is 5.89 Å². The summed E-state index contributed by atoms with van der Waals surface area (Å²) in [5.74, 6) is 2.24. The van der Waals surface area contributed by atoms with Crippen LogP contribution in [-0.2, 0) is 6.61 Å². The Kier molecular flexibility index (Phi) is 4.54. The number of hydrogen-bond donors (Lipinski definition) is 0. The van der Waals surface area contributed by atoms with E-state index in [0.717, 1.165) is 31.2 Å². The molecule has 1 aromatic heterocycles. The lowest BCUT2D eigenvalue weighted by Crippen LogP contribution is -2.43. The number of aromatic nitrogens is 2. The Balaban J connectivity index is 1.30. The van der Waals surface area contributed by atoms with E-state index >= 15 is 0 Å². The van der Waals surface area contributed by atoms with Crippen molar-refractivity contribution in [2.45, 2.75) is 50.7 Å². The van der Waals surface area contributed by atoms with Crippen LogP contribution in [0.5, 0.6) is 11.5 Å². The lowest BCUT2D eigenvalue weighted by atomic mass is 9.78.